The predicted molar refractivity (Wildman–Crippen MR) is 113 cm³/mol. The maximum atomic E-state index is 12.8. The second kappa shape index (κ2) is 7.52. The Hall–Kier alpha value is -2.67. The van der Waals surface area contributed by atoms with Gasteiger partial charge in [-0.15, -0.1) is 0 Å². The number of fused-ring (bicyclic) bond motifs is 1. The fourth-order valence-electron chi connectivity index (χ4n) is 4.09. The zero-order valence-corrected chi connectivity index (χ0v) is 16.2. The van der Waals surface area contributed by atoms with Gasteiger partial charge in [-0.05, 0) is 58.6 Å². The highest BCUT2D eigenvalue weighted by Gasteiger charge is 2.21. The maximum Gasteiger partial charge on any atom is 0.167 e. The van der Waals surface area contributed by atoms with Crippen molar-refractivity contribution >= 4 is 11.9 Å². The number of hydrogen-bond donors (Lipinski definition) is 0. The monoisotopic (exact) mass is 354 g/mol. The van der Waals surface area contributed by atoms with Gasteiger partial charge in [-0.3, -0.25) is 4.79 Å². The lowest BCUT2D eigenvalue weighted by Gasteiger charge is -2.11. The SMILES string of the molecule is CC(C)Cc1ccc(C(=O)CC2=CCC=C2C2=Cc3ccccc3C2)cc1. The molecule has 27 heavy (non-hydrogen) atoms. The first-order valence-electron chi connectivity index (χ1n) is 9.90. The van der Waals surface area contributed by atoms with E-state index in [1.807, 2.05) is 12.1 Å². The third kappa shape index (κ3) is 3.88. The Morgan fingerprint density at radius 2 is 1.78 bits per heavy atom. The first kappa shape index (κ1) is 17.7. The second-order valence-electron chi connectivity index (χ2n) is 8.02. The molecule has 0 aromatic heterocycles. The molecule has 2 aromatic carbocycles. The van der Waals surface area contributed by atoms with Gasteiger partial charge in [0.15, 0.2) is 5.78 Å². The summed E-state index contributed by atoms with van der Waals surface area (Å²) in [5, 5.41) is 0. The molecule has 1 nitrogen and oxygen atoms in total. The van der Waals surface area contributed by atoms with Crippen LogP contribution in [0.25, 0.3) is 6.08 Å². The van der Waals surface area contributed by atoms with E-state index in [0.717, 1.165) is 24.8 Å². The third-order valence-electron chi connectivity index (χ3n) is 5.41. The molecule has 0 aliphatic heterocycles. The van der Waals surface area contributed by atoms with Gasteiger partial charge in [-0.25, -0.2) is 0 Å². The van der Waals surface area contributed by atoms with Crippen LogP contribution in [0.1, 0.15) is 53.7 Å². The van der Waals surface area contributed by atoms with Crippen molar-refractivity contribution in [1.29, 1.82) is 0 Å². The minimum atomic E-state index is 0.209. The van der Waals surface area contributed by atoms with E-state index in [9.17, 15) is 4.79 Å². The molecule has 0 saturated heterocycles. The summed E-state index contributed by atoms with van der Waals surface area (Å²) in [6.07, 6.45) is 10.2. The van der Waals surface area contributed by atoms with Gasteiger partial charge in [0.25, 0.3) is 0 Å². The van der Waals surface area contributed by atoms with Gasteiger partial charge in [-0.1, -0.05) is 80.6 Å². The van der Waals surface area contributed by atoms with Crippen molar-refractivity contribution in [2.45, 2.75) is 39.5 Å². The van der Waals surface area contributed by atoms with Crippen molar-refractivity contribution < 1.29 is 4.79 Å². The van der Waals surface area contributed by atoms with E-state index in [4.69, 9.17) is 0 Å². The van der Waals surface area contributed by atoms with E-state index < -0.39 is 0 Å². The molecule has 2 aliphatic rings. The summed E-state index contributed by atoms with van der Waals surface area (Å²) in [5.74, 6) is 0.841. The molecule has 1 heteroatoms. The predicted octanol–water partition coefficient (Wildman–Crippen LogP) is 6.35. The van der Waals surface area contributed by atoms with Crippen molar-refractivity contribution in [3.63, 3.8) is 0 Å². The van der Waals surface area contributed by atoms with Crippen LogP contribution in [0.3, 0.4) is 0 Å². The lowest BCUT2D eigenvalue weighted by atomic mass is 9.93. The van der Waals surface area contributed by atoms with Crippen molar-refractivity contribution in [3.05, 3.63) is 99.7 Å². The van der Waals surface area contributed by atoms with Gasteiger partial charge in [0, 0.05) is 12.0 Å². The quantitative estimate of drug-likeness (QED) is 0.552. The minimum Gasteiger partial charge on any atom is -0.294 e. The van der Waals surface area contributed by atoms with Crippen molar-refractivity contribution in [1.82, 2.24) is 0 Å². The summed E-state index contributed by atoms with van der Waals surface area (Å²) in [4.78, 5) is 12.8. The van der Waals surface area contributed by atoms with Gasteiger partial charge in [0.05, 0.1) is 0 Å². The molecule has 0 fully saturated rings. The number of Topliss-reactive ketones (excluding diaryl/α,β-unsaturated/α-hetero) is 1. The molecule has 0 spiro atoms. The lowest BCUT2D eigenvalue weighted by Crippen LogP contribution is -2.03. The smallest absolute Gasteiger partial charge is 0.167 e. The fourth-order valence-corrected chi connectivity index (χ4v) is 4.09. The zero-order chi connectivity index (χ0) is 18.8. The summed E-state index contributed by atoms with van der Waals surface area (Å²) in [7, 11) is 0. The van der Waals surface area contributed by atoms with Crippen molar-refractivity contribution in [2.24, 2.45) is 5.92 Å². The van der Waals surface area contributed by atoms with Crippen LogP contribution in [0.5, 0.6) is 0 Å². The van der Waals surface area contributed by atoms with Crippen LogP contribution in [0.15, 0.2) is 77.4 Å². The van der Waals surface area contributed by atoms with E-state index in [2.05, 4.69) is 68.5 Å². The van der Waals surface area contributed by atoms with E-state index in [0.29, 0.717) is 12.3 Å². The molecular weight excluding hydrogens is 328 g/mol. The van der Waals surface area contributed by atoms with Crippen LogP contribution in [-0.4, -0.2) is 5.78 Å². The minimum absolute atomic E-state index is 0.209. The van der Waals surface area contributed by atoms with E-state index in [1.54, 1.807) is 0 Å². The Kier molecular flexibility index (Phi) is 4.94. The standard InChI is InChI=1S/C26H26O/c1-18(2)14-19-10-12-20(13-11-19)26(27)17-23-8-5-9-25(23)24-15-21-6-3-4-7-22(21)16-24/h3-4,6-13,15,18H,5,14,16-17H2,1-2H3. The van der Waals surface area contributed by atoms with Crippen molar-refractivity contribution in [3.8, 4) is 0 Å². The molecule has 0 saturated carbocycles. The van der Waals surface area contributed by atoms with E-state index >= 15 is 0 Å². The molecule has 0 heterocycles. The molecule has 2 aliphatic carbocycles. The zero-order valence-electron chi connectivity index (χ0n) is 16.2. The van der Waals surface area contributed by atoms with Gasteiger partial charge < -0.3 is 0 Å². The number of carbonyl (C=O) groups excluding carboxylic acids is 1. The normalized spacial score (nSPS) is 15.4. The molecule has 0 unspecified atom stereocenters. The first-order chi connectivity index (χ1) is 13.1. The molecular formula is C26H26O. The van der Waals surface area contributed by atoms with Crippen molar-refractivity contribution in [2.75, 3.05) is 0 Å². The van der Waals surface area contributed by atoms with Gasteiger partial charge >= 0.3 is 0 Å². The maximum absolute atomic E-state index is 12.8. The molecule has 2 aromatic rings. The summed E-state index contributed by atoms with van der Waals surface area (Å²) >= 11 is 0. The van der Waals surface area contributed by atoms with Crippen LogP contribution >= 0.6 is 0 Å². The van der Waals surface area contributed by atoms with E-state index in [-0.39, 0.29) is 5.78 Å². The van der Waals surface area contributed by atoms with Crippen LogP contribution < -0.4 is 0 Å². The van der Waals surface area contributed by atoms with Crippen LogP contribution in [0.2, 0.25) is 0 Å². The third-order valence-corrected chi connectivity index (χ3v) is 5.41. The Labute approximate surface area is 162 Å². The Morgan fingerprint density at radius 1 is 1.00 bits per heavy atom. The number of benzene rings is 2. The lowest BCUT2D eigenvalue weighted by molar-refractivity contribution is 0.0993. The van der Waals surface area contributed by atoms with Gasteiger partial charge in [0.2, 0.25) is 0 Å². The number of carbonyl (C=O) groups is 1. The summed E-state index contributed by atoms with van der Waals surface area (Å²) in [6.45, 7) is 4.44. The second-order valence-corrected chi connectivity index (χ2v) is 8.02. The molecule has 136 valence electrons. The molecule has 0 bridgehead atoms. The summed E-state index contributed by atoms with van der Waals surface area (Å²) in [6, 6.07) is 16.7. The average Bonchev–Trinajstić information content (AvgIpc) is 3.27. The topological polar surface area (TPSA) is 17.1 Å². The number of allylic oxidation sites excluding steroid dienone is 5. The van der Waals surface area contributed by atoms with E-state index in [1.165, 1.54) is 33.4 Å². The highest BCUT2D eigenvalue weighted by molar-refractivity contribution is 5.98. The molecule has 0 N–H and O–H groups in total. The molecule has 4 rings (SSSR count). The van der Waals surface area contributed by atoms with Crippen LogP contribution in [0.4, 0.5) is 0 Å². The number of rotatable bonds is 6. The Bertz CT molecular complexity index is 952. The molecule has 0 radical (unpaired) electrons. The molecule has 0 amide bonds. The largest absolute Gasteiger partial charge is 0.294 e. The Morgan fingerprint density at radius 3 is 2.52 bits per heavy atom. The fraction of sp³-hybridized carbons (Fsp3) is 0.269. The van der Waals surface area contributed by atoms with Crippen LogP contribution in [-0.2, 0) is 12.8 Å². The summed E-state index contributed by atoms with van der Waals surface area (Å²) in [5.41, 5.74) is 8.62. The highest BCUT2D eigenvalue weighted by Crippen LogP contribution is 2.36. The van der Waals surface area contributed by atoms with Gasteiger partial charge in [-0.2, -0.15) is 0 Å². The Balaban J connectivity index is 1.45. The van der Waals surface area contributed by atoms with Crippen LogP contribution in [0, 0.1) is 5.92 Å². The summed E-state index contributed by atoms with van der Waals surface area (Å²) < 4.78 is 0. The highest BCUT2D eigenvalue weighted by atomic mass is 16.1. The average molecular weight is 354 g/mol. The van der Waals surface area contributed by atoms with Gasteiger partial charge in [0.1, 0.15) is 0 Å². The first-order valence-corrected chi connectivity index (χ1v) is 9.90. The molecule has 0 atom stereocenters. The number of ketones is 1. The number of hydrogen-bond acceptors (Lipinski definition) is 1.